The van der Waals surface area contributed by atoms with Crippen molar-refractivity contribution < 1.29 is 0 Å². The summed E-state index contributed by atoms with van der Waals surface area (Å²) >= 11 is 0. The van der Waals surface area contributed by atoms with Crippen LogP contribution in [-0.4, -0.2) is 0 Å². The summed E-state index contributed by atoms with van der Waals surface area (Å²) in [7, 11) is 0. The fourth-order valence-electron chi connectivity index (χ4n) is 1.77. The maximum Gasteiger partial charge on any atom is -0.0417 e. The molecule has 0 heterocycles. The van der Waals surface area contributed by atoms with E-state index in [2.05, 4.69) is 6.92 Å². The van der Waals surface area contributed by atoms with Crippen molar-refractivity contribution in [3.8, 4) is 0 Å². The highest BCUT2D eigenvalue weighted by molar-refractivity contribution is 4.62. The Labute approximate surface area is 79.8 Å². The molecule has 0 aromatic heterocycles. The van der Waals surface area contributed by atoms with E-state index in [0.29, 0.717) is 0 Å². The molecule has 0 unspecified atom stereocenters. The molecule has 0 amide bonds. The lowest BCUT2D eigenvalue weighted by atomic mass is 9.98. The molecular formula is C12H28. The Morgan fingerprint density at radius 1 is 0.917 bits per heavy atom. The first-order chi connectivity index (χ1) is 5.43. The molecule has 0 aliphatic heterocycles. The lowest BCUT2D eigenvalue weighted by Gasteiger charge is -2.08. The minimum atomic E-state index is 0. The molecule has 0 spiro atoms. The summed E-state index contributed by atoms with van der Waals surface area (Å²) in [5, 5.41) is 0. The molecule has 0 radical (unpaired) electrons. The second kappa shape index (κ2) is 11.0. The van der Waals surface area contributed by atoms with E-state index in [-0.39, 0.29) is 7.43 Å². The highest BCUT2D eigenvalue weighted by Gasteiger charge is 2.08. The second-order valence-corrected chi connectivity index (χ2v) is 3.27. The number of rotatable bonds is 1. The largest absolute Gasteiger partial charge is 0.0776 e. The van der Waals surface area contributed by atoms with Gasteiger partial charge in [0.2, 0.25) is 0 Å². The van der Waals surface area contributed by atoms with Crippen LogP contribution in [0.15, 0.2) is 0 Å². The Bertz CT molecular complexity index is 58.4. The first-order valence-electron chi connectivity index (χ1n) is 5.43. The van der Waals surface area contributed by atoms with Gasteiger partial charge in [-0.15, -0.1) is 0 Å². The van der Waals surface area contributed by atoms with Crippen LogP contribution < -0.4 is 0 Å². The summed E-state index contributed by atoms with van der Waals surface area (Å²) in [5.41, 5.74) is 0. The highest BCUT2D eigenvalue weighted by Crippen LogP contribution is 2.24. The predicted molar refractivity (Wildman–Crippen MR) is 59.6 cm³/mol. The summed E-state index contributed by atoms with van der Waals surface area (Å²) in [6.45, 7) is 6.33. The molecule has 0 aromatic rings. The number of hydrogen-bond donors (Lipinski definition) is 0. The summed E-state index contributed by atoms with van der Waals surface area (Å²) in [6.07, 6.45) is 10.4. The summed E-state index contributed by atoms with van der Waals surface area (Å²) in [4.78, 5) is 0. The molecule has 1 aliphatic carbocycles. The maximum absolute atomic E-state index is 2.33. The van der Waals surface area contributed by atoms with Crippen LogP contribution in [0.4, 0.5) is 0 Å². The summed E-state index contributed by atoms with van der Waals surface area (Å²) in [5.74, 6) is 1.08. The van der Waals surface area contributed by atoms with E-state index in [9.17, 15) is 0 Å². The normalized spacial score (nSPS) is 18.2. The average molecular weight is 172 g/mol. The Kier molecular flexibility index (Phi) is 13.3. The molecule has 76 valence electrons. The third-order valence-corrected chi connectivity index (χ3v) is 2.55. The molecule has 1 aliphatic rings. The van der Waals surface area contributed by atoms with Crippen LogP contribution in [0, 0.1) is 5.92 Å². The molecule has 1 saturated carbocycles. The van der Waals surface area contributed by atoms with E-state index in [1.807, 2.05) is 13.8 Å². The van der Waals surface area contributed by atoms with Crippen molar-refractivity contribution in [2.45, 2.75) is 73.1 Å². The zero-order chi connectivity index (χ0) is 8.53. The molecule has 0 heteroatoms. The maximum atomic E-state index is 2.33. The highest BCUT2D eigenvalue weighted by atomic mass is 14.1. The van der Waals surface area contributed by atoms with Gasteiger partial charge in [0.25, 0.3) is 0 Å². The van der Waals surface area contributed by atoms with Crippen molar-refractivity contribution >= 4 is 0 Å². The molecule has 1 fully saturated rings. The first-order valence-corrected chi connectivity index (χ1v) is 5.43. The molecule has 0 N–H and O–H groups in total. The fourth-order valence-corrected chi connectivity index (χ4v) is 1.77. The minimum absolute atomic E-state index is 0. The van der Waals surface area contributed by atoms with Crippen molar-refractivity contribution in [3.05, 3.63) is 0 Å². The quantitative estimate of drug-likeness (QED) is 0.487. The van der Waals surface area contributed by atoms with Gasteiger partial charge < -0.3 is 0 Å². The van der Waals surface area contributed by atoms with E-state index in [1.165, 1.54) is 44.9 Å². The SMILES string of the molecule is C.CC.CCC1CCCCCC1. The van der Waals surface area contributed by atoms with Crippen LogP contribution >= 0.6 is 0 Å². The standard InChI is InChI=1S/C9H18.C2H6.CH4/c1-2-9-7-5-3-4-6-8-9;1-2;/h9H,2-8H2,1H3;1-2H3;1H4. The van der Waals surface area contributed by atoms with Crippen LogP contribution in [0.2, 0.25) is 0 Å². The van der Waals surface area contributed by atoms with Gasteiger partial charge in [0.15, 0.2) is 0 Å². The van der Waals surface area contributed by atoms with Crippen molar-refractivity contribution in [3.63, 3.8) is 0 Å². The lowest BCUT2D eigenvalue weighted by Crippen LogP contribution is -1.94. The Balaban J connectivity index is 0. The second-order valence-electron chi connectivity index (χ2n) is 3.27. The van der Waals surface area contributed by atoms with Crippen molar-refractivity contribution in [2.24, 2.45) is 5.92 Å². The average Bonchev–Trinajstić information content (AvgIpc) is 2.35. The van der Waals surface area contributed by atoms with Crippen LogP contribution in [0.25, 0.3) is 0 Å². The van der Waals surface area contributed by atoms with Crippen molar-refractivity contribution in [1.29, 1.82) is 0 Å². The van der Waals surface area contributed by atoms with Gasteiger partial charge in [-0.1, -0.05) is 73.1 Å². The van der Waals surface area contributed by atoms with Gasteiger partial charge >= 0.3 is 0 Å². The molecule has 0 bridgehead atoms. The van der Waals surface area contributed by atoms with Gasteiger partial charge in [-0.3, -0.25) is 0 Å². The Hall–Kier alpha value is 0. The van der Waals surface area contributed by atoms with Gasteiger partial charge in [-0.25, -0.2) is 0 Å². The van der Waals surface area contributed by atoms with Crippen molar-refractivity contribution in [2.75, 3.05) is 0 Å². The Morgan fingerprint density at radius 3 is 1.67 bits per heavy atom. The van der Waals surface area contributed by atoms with Crippen LogP contribution in [0.1, 0.15) is 73.1 Å². The molecule has 0 nitrogen and oxygen atoms in total. The van der Waals surface area contributed by atoms with E-state index < -0.39 is 0 Å². The molecule has 0 saturated heterocycles. The van der Waals surface area contributed by atoms with Gasteiger partial charge in [0.1, 0.15) is 0 Å². The third-order valence-electron chi connectivity index (χ3n) is 2.55. The molecule has 1 rings (SSSR count). The van der Waals surface area contributed by atoms with E-state index >= 15 is 0 Å². The van der Waals surface area contributed by atoms with E-state index in [0.717, 1.165) is 5.92 Å². The Morgan fingerprint density at radius 2 is 1.33 bits per heavy atom. The molecule has 0 aromatic carbocycles. The fraction of sp³-hybridized carbons (Fsp3) is 1.00. The number of hydrogen-bond acceptors (Lipinski definition) is 0. The summed E-state index contributed by atoms with van der Waals surface area (Å²) < 4.78 is 0. The van der Waals surface area contributed by atoms with Crippen LogP contribution in [0.5, 0.6) is 0 Å². The topological polar surface area (TPSA) is 0 Å². The molecule has 0 atom stereocenters. The van der Waals surface area contributed by atoms with Crippen molar-refractivity contribution in [1.82, 2.24) is 0 Å². The van der Waals surface area contributed by atoms with Gasteiger partial charge in [-0.2, -0.15) is 0 Å². The zero-order valence-electron chi connectivity index (χ0n) is 8.53. The first kappa shape index (κ1) is 14.5. The summed E-state index contributed by atoms with van der Waals surface area (Å²) in [6, 6.07) is 0. The third kappa shape index (κ3) is 6.69. The van der Waals surface area contributed by atoms with Gasteiger partial charge in [0.05, 0.1) is 0 Å². The van der Waals surface area contributed by atoms with E-state index in [4.69, 9.17) is 0 Å². The minimum Gasteiger partial charge on any atom is -0.0776 e. The zero-order valence-corrected chi connectivity index (χ0v) is 8.53. The lowest BCUT2D eigenvalue weighted by molar-refractivity contribution is 0.446. The molecular weight excluding hydrogens is 144 g/mol. The molecule has 12 heavy (non-hydrogen) atoms. The van der Waals surface area contributed by atoms with Gasteiger partial charge in [-0.05, 0) is 5.92 Å². The van der Waals surface area contributed by atoms with Gasteiger partial charge in [0, 0.05) is 0 Å². The van der Waals surface area contributed by atoms with E-state index in [1.54, 1.807) is 0 Å². The smallest absolute Gasteiger partial charge is 0.0417 e. The van der Waals surface area contributed by atoms with Crippen LogP contribution in [-0.2, 0) is 0 Å². The van der Waals surface area contributed by atoms with Crippen LogP contribution in [0.3, 0.4) is 0 Å². The monoisotopic (exact) mass is 172 g/mol. The predicted octanol–water partition coefficient (Wildman–Crippen LogP) is 5.03.